The number of sulfonamides is 1. The van der Waals surface area contributed by atoms with Crippen molar-refractivity contribution < 1.29 is 22.7 Å². The van der Waals surface area contributed by atoms with Crippen molar-refractivity contribution in [3.8, 4) is 5.75 Å². The normalized spacial score (nSPS) is 11.5. The summed E-state index contributed by atoms with van der Waals surface area (Å²) in [7, 11) is -3.92. The number of pyridine rings is 1. The van der Waals surface area contributed by atoms with Gasteiger partial charge in [0, 0.05) is 17.1 Å². The van der Waals surface area contributed by atoms with Crippen molar-refractivity contribution in [2.75, 3.05) is 11.3 Å². The van der Waals surface area contributed by atoms with E-state index in [9.17, 15) is 18.0 Å². The van der Waals surface area contributed by atoms with Gasteiger partial charge in [-0.1, -0.05) is 18.2 Å². The van der Waals surface area contributed by atoms with E-state index in [1.807, 2.05) is 6.07 Å². The zero-order chi connectivity index (χ0) is 22.2. The van der Waals surface area contributed by atoms with Crippen molar-refractivity contribution in [2.45, 2.75) is 18.7 Å². The van der Waals surface area contributed by atoms with E-state index < -0.39 is 21.7 Å². The van der Waals surface area contributed by atoms with Gasteiger partial charge in [-0.3, -0.25) is 9.52 Å². The number of aryl methyl sites for hydroxylation is 1. The molecule has 0 amide bonds. The first-order valence-electron chi connectivity index (χ1n) is 9.40. The third-order valence-electron chi connectivity index (χ3n) is 4.73. The van der Waals surface area contributed by atoms with E-state index in [0.717, 1.165) is 5.56 Å². The molecule has 10 heteroatoms. The van der Waals surface area contributed by atoms with Crippen LogP contribution in [-0.4, -0.2) is 31.1 Å². The standard InChI is InChI=1S/C21H19N3O6S/c1-3-29-21(26)30-17-11-22-19-18(17)14-10-13(8-9-16(14)23-20(19)25)31(27,28)24-15-7-5-4-6-12(15)2/h4-11,22,24H,3H2,1-2H3,(H,23,25). The molecule has 4 rings (SSSR count). The van der Waals surface area contributed by atoms with Crippen molar-refractivity contribution in [3.63, 3.8) is 0 Å². The number of rotatable bonds is 5. The first-order chi connectivity index (χ1) is 14.8. The van der Waals surface area contributed by atoms with E-state index in [1.165, 1.54) is 24.4 Å². The van der Waals surface area contributed by atoms with Crippen LogP contribution in [0.3, 0.4) is 0 Å². The van der Waals surface area contributed by atoms with Gasteiger partial charge in [-0.2, -0.15) is 0 Å². The topological polar surface area (TPSA) is 130 Å². The van der Waals surface area contributed by atoms with Crippen LogP contribution in [0.1, 0.15) is 12.5 Å². The zero-order valence-corrected chi connectivity index (χ0v) is 17.5. The van der Waals surface area contributed by atoms with Crippen LogP contribution < -0.4 is 15.0 Å². The molecule has 4 aromatic rings. The maximum absolute atomic E-state index is 13.0. The van der Waals surface area contributed by atoms with Gasteiger partial charge in [0.15, 0.2) is 5.75 Å². The first-order valence-corrected chi connectivity index (χ1v) is 10.9. The molecule has 3 N–H and O–H groups in total. The molecule has 0 unspecified atom stereocenters. The monoisotopic (exact) mass is 441 g/mol. The molecule has 0 aliphatic heterocycles. The van der Waals surface area contributed by atoms with Crippen molar-refractivity contribution in [3.05, 3.63) is 64.6 Å². The van der Waals surface area contributed by atoms with Crippen LogP contribution >= 0.6 is 0 Å². The first kappa shape index (κ1) is 20.5. The Morgan fingerprint density at radius 1 is 1.16 bits per heavy atom. The Bertz CT molecular complexity index is 1470. The van der Waals surface area contributed by atoms with Gasteiger partial charge in [-0.25, -0.2) is 13.2 Å². The Morgan fingerprint density at radius 3 is 2.68 bits per heavy atom. The molecule has 0 bridgehead atoms. The van der Waals surface area contributed by atoms with Crippen LogP contribution in [0.5, 0.6) is 5.75 Å². The number of ether oxygens (including phenoxy) is 2. The Balaban J connectivity index is 1.86. The Hall–Kier alpha value is -3.79. The zero-order valence-electron chi connectivity index (χ0n) is 16.7. The minimum atomic E-state index is -3.92. The highest BCUT2D eigenvalue weighted by Gasteiger charge is 2.20. The van der Waals surface area contributed by atoms with Gasteiger partial charge in [0.1, 0.15) is 5.52 Å². The molecule has 0 aliphatic carbocycles. The maximum Gasteiger partial charge on any atom is 0.513 e. The fourth-order valence-electron chi connectivity index (χ4n) is 3.25. The minimum Gasteiger partial charge on any atom is -0.434 e. The fraction of sp³-hybridized carbons (Fsp3) is 0.143. The lowest BCUT2D eigenvalue weighted by Crippen LogP contribution is -2.14. The van der Waals surface area contributed by atoms with Gasteiger partial charge in [-0.15, -0.1) is 0 Å². The molecule has 0 radical (unpaired) electrons. The molecular formula is C21H19N3O6S. The van der Waals surface area contributed by atoms with Gasteiger partial charge in [0.05, 0.1) is 22.6 Å². The van der Waals surface area contributed by atoms with E-state index in [2.05, 4.69) is 14.7 Å². The number of anilines is 1. The lowest BCUT2D eigenvalue weighted by atomic mass is 10.1. The number of hydrogen-bond acceptors (Lipinski definition) is 6. The number of nitrogens with one attached hydrogen (secondary N) is 3. The summed E-state index contributed by atoms with van der Waals surface area (Å²) in [5, 5.41) is 0.669. The lowest BCUT2D eigenvalue weighted by molar-refractivity contribution is 0.105. The number of carbonyl (C=O) groups excluding carboxylic acids is 1. The largest absolute Gasteiger partial charge is 0.513 e. The van der Waals surface area contributed by atoms with Crippen molar-refractivity contribution in [1.29, 1.82) is 0 Å². The second-order valence-corrected chi connectivity index (χ2v) is 8.45. The number of aromatic nitrogens is 2. The van der Waals surface area contributed by atoms with Crippen LogP contribution in [0.25, 0.3) is 21.8 Å². The molecule has 2 aromatic carbocycles. The highest BCUT2D eigenvalue weighted by Crippen LogP contribution is 2.32. The number of carbonyl (C=O) groups is 1. The number of fused-ring (bicyclic) bond motifs is 3. The molecule has 0 fully saturated rings. The van der Waals surface area contributed by atoms with E-state index in [1.54, 1.807) is 32.0 Å². The van der Waals surface area contributed by atoms with Crippen molar-refractivity contribution in [2.24, 2.45) is 0 Å². The van der Waals surface area contributed by atoms with E-state index in [0.29, 0.717) is 16.6 Å². The summed E-state index contributed by atoms with van der Waals surface area (Å²) >= 11 is 0. The maximum atomic E-state index is 13.0. The molecule has 0 saturated heterocycles. The van der Waals surface area contributed by atoms with Crippen LogP contribution in [0.4, 0.5) is 10.5 Å². The second kappa shape index (κ2) is 7.80. The molecule has 0 atom stereocenters. The highest BCUT2D eigenvalue weighted by atomic mass is 32.2. The molecule has 0 spiro atoms. The lowest BCUT2D eigenvalue weighted by Gasteiger charge is -2.11. The molecule has 160 valence electrons. The van der Waals surface area contributed by atoms with Gasteiger partial charge in [0.2, 0.25) is 0 Å². The predicted octanol–water partition coefficient (Wildman–Crippen LogP) is 3.65. The third kappa shape index (κ3) is 3.84. The summed E-state index contributed by atoms with van der Waals surface area (Å²) in [4.78, 5) is 29.6. The second-order valence-electron chi connectivity index (χ2n) is 6.77. The molecule has 31 heavy (non-hydrogen) atoms. The molecular weight excluding hydrogens is 422 g/mol. The van der Waals surface area contributed by atoms with Gasteiger partial charge >= 0.3 is 6.16 Å². The molecule has 9 nitrogen and oxygen atoms in total. The summed E-state index contributed by atoms with van der Waals surface area (Å²) in [6, 6.07) is 11.3. The Labute approximate surface area is 177 Å². The molecule has 2 aromatic heterocycles. The average Bonchev–Trinajstić information content (AvgIpc) is 3.14. The minimum absolute atomic E-state index is 0.0140. The van der Waals surface area contributed by atoms with E-state index in [-0.39, 0.29) is 28.2 Å². The number of para-hydroxylation sites is 1. The van der Waals surface area contributed by atoms with Crippen molar-refractivity contribution in [1.82, 2.24) is 9.97 Å². The van der Waals surface area contributed by atoms with Crippen LogP contribution in [0.2, 0.25) is 0 Å². The smallest absolute Gasteiger partial charge is 0.434 e. The predicted molar refractivity (Wildman–Crippen MR) is 116 cm³/mol. The summed E-state index contributed by atoms with van der Waals surface area (Å²) in [5.74, 6) is 0.0611. The fourth-order valence-corrected chi connectivity index (χ4v) is 4.41. The average molecular weight is 441 g/mol. The third-order valence-corrected chi connectivity index (χ3v) is 6.10. The van der Waals surface area contributed by atoms with E-state index >= 15 is 0 Å². The van der Waals surface area contributed by atoms with Crippen LogP contribution in [0, 0.1) is 6.92 Å². The molecule has 0 aliphatic rings. The SMILES string of the molecule is CCOC(=O)Oc1c[nH]c2c(=O)[nH]c3ccc(S(=O)(=O)Nc4ccccc4C)cc3c12. The number of aromatic amines is 2. The summed E-state index contributed by atoms with van der Waals surface area (Å²) in [5.41, 5.74) is 1.33. The molecule has 2 heterocycles. The number of H-pyrrole nitrogens is 2. The Morgan fingerprint density at radius 2 is 1.94 bits per heavy atom. The van der Waals surface area contributed by atoms with Gasteiger partial charge in [-0.05, 0) is 43.7 Å². The Kier molecular flexibility index (Phi) is 5.15. The summed E-state index contributed by atoms with van der Waals surface area (Å²) < 4.78 is 38.5. The quantitative estimate of drug-likeness (QED) is 0.405. The van der Waals surface area contributed by atoms with Crippen LogP contribution in [-0.2, 0) is 14.8 Å². The van der Waals surface area contributed by atoms with Crippen molar-refractivity contribution >= 4 is 43.7 Å². The summed E-state index contributed by atoms with van der Waals surface area (Å²) in [6.45, 7) is 3.55. The number of benzene rings is 2. The van der Waals surface area contributed by atoms with E-state index in [4.69, 9.17) is 9.47 Å². The summed E-state index contributed by atoms with van der Waals surface area (Å²) in [6.07, 6.45) is 0.421. The van der Waals surface area contributed by atoms with Crippen LogP contribution in [0.15, 0.2) is 58.4 Å². The number of hydrogen-bond donors (Lipinski definition) is 3. The molecule has 0 saturated carbocycles. The van der Waals surface area contributed by atoms with Gasteiger partial charge in [0.25, 0.3) is 15.6 Å². The highest BCUT2D eigenvalue weighted by molar-refractivity contribution is 7.92. The van der Waals surface area contributed by atoms with Gasteiger partial charge < -0.3 is 19.4 Å².